The summed E-state index contributed by atoms with van der Waals surface area (Å²) in [5.74, 6) is 0. The molecule has 0 unspecified atom stereocenters. The summed E-state index contributed by atoms with van der Waals surface area (Å²) in [5, 5.41) is 0. The molecule has 2 aromatic rings. The molecular formula is C10H10BrN3O2S2. The SMILES string of the molecule is Cc1cc(S(=O)(=O)Nc2ccncc2N)sc1Br. The van der Waals surface area contributed by atoms with Crippen LogP contribution in [0.3, 0.4) is 0 Å². The molecule has 0 fully saturated rings. The molecule has 18 heavy (non-hydrogen) atoms. The minimum atomic E-state index is -3.61. The molecule has 0 bridgehead atoms. The van der Waals surface area contributed by atoms with E-state index in [1.54, 1.807) is 6.07 Å². The zero-order chi connectivity index (χ0) is 13.3. The van der Waals surface area contributed by atoms with Gasteiger partial charge in [-0.3, -0.25) is 9.71 Å². The van der Waals surface area contributed by atoms with Crippen LogP contribution in [-0.4, -0.2) is 13.4 Å². The number of aryl methyl sites for hydroxylation is 1. The van der Waals surface area contributed by atoms with Crippen molar-refractivity contribution in [3.05, 3.63) is 33.9 Å². The normalized spacial score (nSPS) is 11.4. The number of anilines is 2. The van der Waals surface area contributed by atoms with E-state index in [1.807, 2.05) is 6.92 Å². The molecule has 0 spiro atoms. The van der Waals surface area contributed by atoms with Crippen molar-refractivity contribution in [1.29, 1.82) is 0 Å². The van der Waals surface area contributed by atoms with Crippen molar-refractivity contribution < 1.29 is 8.42 Å². The molecule has 2 aromatic heterocycles. The Kier molecular flexibility index (Phi) is 3.60. The summed E-state index contributed by atoms with van der Waals surface area (Å²) < 4.78 is 27.7. The Morgan fingerprint density at radius 2 is 2.22 bits per heavy atom. The molecule has 2 heterocycles. The lowest BCUT2D eigenvalue weighted by molar-refractivity contribution is 0.603. The minimum Gasteiger partial charge on any atom is -0.396 e. The molecule has 0 aliphatic carbocycles. The third-order valence-corrected chi connectivity index (χ3v) is 6.17. The standard InChI is InChI=1S/C10H10BrN3O2S2/c1-6-4-9(17-10(6)11)18(15,16)14-8-2-3-13-5-7(8)12/h2-5H,12H2,1H3,(H,13,14). The molecule has 0 aromatic carbocycles. The van der Waals surface area contributed by atoms with E-state index >= 15 is 0 Å². The molecule has 0 saturated carbocycles. The van der Waals surface area contributed by atoms with E-state index in [4.69, 9.17) is 5.73 Å². The lowest BCUT2D eigenvalue weighted by Crippen LogP contribution is -2.12. The molecule has 0 amide bonds. The number of pyridine rings is 1. The molecule has 0 aliphatic rings. The summed E-state index contributed by atoms with van der Waals surface area (Å²) >= 11 is 4.46. The molecule has 5 nitrogen and oxygen atoms in total. The Bertz CT molecular complexity index is 663. The third-order valence-electron chi connectivity index (χ3n) is 2.20. The third kappa shape index (κ3) is 2.65. The number of thiophene rings is 1. The first kappa shape index (κ1) is 13.3. The molecule has 0 atom stereocenters. The highest BCUT2D eigenvalue weighted by molar-refractivity contribution is 9.11. The van der Waals surface area contributed by atoms with Crippen LogP contribution in [0.2, 0.25) is 0 Å². The lowest BCUT2D eigenvalue weighted by atomic mass is 10.4. The second-order valence-corrected chi connectivity index (χ2v) is 7.87. The minimum absolute atomic E-state index is 0.239. The van der Waals surface area contributed by atoms with Crippen LogP contribution in [0.4, 0.5) is 11.4 Å². The van der Waals surface area contributed by atoms with Crippen LogP contribution < -0.4 is 10.5 Å². The predicted molar refractivity (Wildman–Crippen MR) is 76.2 cm³/mol. The number of halogens is 1. The van der Waals surface area contributed by atoms with E-state index in [0.717, 1.165) is 20.7 Å². The van der Waals surface area contributed by atoms with Crippen LogP contribution in [0.1, 0.15) is 5.56 Å². The first-order valence-corrected chi connectivity index (χ1v) is 7.97. The van der Waals surface area contributed by atoms with Crippen LogP contribution in [0, 0.1) is 6.92 Å². The molecule has 0 aliphatic heterocycles. The number of rotatable bonds is 3. The number of nitrogens with two attached hydrogens (primary N) is 1. The molecule has 96 valence electrons. The highest BCUT2D eigenvalue weighted by atomic mass is 79.9. The molecule has 3 N–H and O–H groups in total. The van der Waals surface area contributed by atoms with E-state index in [-0.39, 0.29) is 9.90 Å². The first-order valence-electron chi connectivity index (χ1n) is 4.88. The van der Waals surface area contributed by atoms with Crippen molar-refractivity contribution in [2.24, 2.45) is 0 Å². The highest BCUT2D eigenvalue weighted by Gasteiger charge is 2.19. The number of nitrogens with one attached hydrogen (secondary N) is 1. The van der Waals surface area contributed by atoms with Gasteiger partial charge >= 0.3 is 0 Å². The summed E-state index contributed by atoms with van der Waals surface area (Å²) in [6.45, 7) is 1.83. The topological polar surface area (TPSA) is 85.1 Å². The Labute approximate surface area is 117 Å². The largest absolute Gasteiger partial charge is 0.396 e. The maximum atomic E-state index is 12.1. The van der Waals surface area contributed by atoms with Crippen molar-refractivity contribution in [3.8, 4) is 0 Å². The number of sulfonamides is 1. The number of hydrogen-bond acceptors (Lipinski definition) is 5. The van der Waals surface area contributed by atoms with Gasteiger partial charge in [-0.15, -0.1) is 11.3 Å². The Morgan fingerprint density at radius 3 is 2.78 bits per heavy atom. The van der Waals surface area contributed by atoms with Crippen LogP contribution >= 0.6 is 27.3 Å². The molecular weight excluding hydrogens is 338 g/mol. The Balaban J connectivity index is 2.36. The molecule has 2 rings (SSSR count). The van der Waals surface area contributed by atoms with Crippen LogP contribution in [0.5, 0.6) is 0 Å². The van der Waals surface area contributed by atoms with Gasteiger partial charge in [-0.2, -0.15) is 0 Å². The van der Waals surface area contributed by atoms with Gasteiger partial charge < -0.3 is 5.73 Å². The van der Waals surface area contributed by atoms with Crippen molar-refractivity contribution >= 4 is 48.7 Å². The van der Waals surface area contributed by atoms with E-state index in [1.165, 1.54) is 18.5 Å². The monoisotopic (exact) mass is 347 g/mol. The summed E-state index contributed by atoms with van der Waals surface area (Å²) in [4.78, 5) is 3.80. The molecule has 0 radical (unpaired) electrons. The van der Waals surface area contributed by atoms with Crippen molar-refractivity contribution in [3.63, 3.8) is 0 Å². The highest BCUT2D eigenvalue weighted by Crippen LogP contribution is 2.32. The van der Waals surface area contributed by atoms with Crippen molar-refractivity contribution in [1.82, 2.24) is 4.98 Å². The van der Waals surface area contributed by atoms with Gasteiger partial charge in [0.15, 0.2) is 0 Å². The quantitative estimate of drug-likeness (QED) is 0.893. The van der Waals surface area contributed by atoms with Crippen LogP contribution in [-0.2, 0) is 10.0 Å². The average molecular weight is 348 g/mol. The fourth-order valence-corrected chi connectivity index (χ4v) is 4.57. The summed E-state index contributed by atoms with van der Waals surface area (Å²) in [6.07, 6.45) is 2.87. The summed E-state index contributed by atoms with van der Waals surface area (Å²) in [7, 11) is -3.61. The first-order chi connectivity index (χ1) is 8.40. The maximum Gasteiger partial charge on any atom is 0.271 e. The van der Waals surface area contributed by atoms with E-state index in [0.29, 0.717) is 5.69 Å². The number of aromatic nitrogens is 1. The van der Waals surface area contributed by atoms with Gasteiger partial charge in [-0.05, 0) is 40.5 Å². The van der Waals surface area contributed by atoms with Gasteiger partial charge in [-0.25, -0.2) is 8.42 Å². The summed E-state index contributed by atoms with van der Waals surface area (Å²) in [5.41, 5.74) is 7.14. The van der Waals surface area contributed by atoms with E-state index < -0.39 is 10.0 Å². The van der Waals surface area contributed by atoms with Crippen LogP contribution in [0.15, 0.2) is 32.5 Å². The number of nitrogen functional groups attached to an aromatic ring is 1. The zero-order valence-corrected chi connectivity index (χ0v) is 12.6. The van der Waals surface area contributed by atoms with Gasteiger partial charge in [-0.1, -0.05) is 0 Å². The summed E-state index contributed by atoms with van der Waals surface area (Å²) in [6, 6.07) is 3.12. The molecule has 8 heteroatoms. The Morgan fingerprint density at radius 1 is 1.50 bits per heavy atom. The van der Waals surface area contributed by atoms with Gasteiger partial charge in [0.1, 0.15) is 4.21 Å². The predicted octanol–water partition coefficient (Wildman–Crippen LogP) is 2.60. The second kappa shape index (κ2) is 4.87. The average Bonchev–Trinajstić information content (AvgIpc) is 2.63. The number of nitrogens with zero attached hydrogens (tertiary/aromatic N) is 1. The maximum absolute atomic E-state index is 12.1. The van der Waals surface area contributed by atoms with Gasteiger partial charge in [0.2, 0.25) is 0 Å². The fourth-order valence-electron chi connectivity index (χ4n) is 1.26. The Hall–Kier alpha value is -1.12. The lowest BCUT2D eigenvalue weighted by Gasteiger charge is -2.07. The van der Waals surface area contributed by atoms with E-state index in [2.05, 4.69) is 25.6 Å². The second-order valence-electron chi connectivity index (χ2n) is 3.59. The van der Waals surface area contributed by atoms with Crippen molar-refractivity contribution in [2.45, 2.75) is 11.1 Å². The number of hydrogen-bond donors (Lipinski definition) is 2. The van der Waals surface area contributed by atoms with Gasteiger partial charge in [0, 0.05) is 6.20 Å². The zero-order valence-electron chi connectivity index (χ0n) is 9.34. The van der Waals surface area contributed by atoms with Gasteiger partial charge in [0.25, 0.3) is 10.0 Å². The smallest absolute Gasteiger partial charge is 0.271 e. The fraction of sp³-hybridized carbons (Fsp3) is 0.100. The van der Waals surface area contributed by atoms with Gasteiger partial charge in [0.05, 0.1) is 21.4 Å². The van der Waals surface area contributed by atoms with Crippen molar-refractivity contribution in [2.75, 3.05) is 10.5 Å². The van der Waals surface area contributed by atoms with Crippen LogP contribution in [0.25, 0.3) is 0 Å². The molecule has 0 saturated heterocycles. The van der Waals surface area contributed by atoms with E-state index in [9.17, 15) is 8.42 Å².